The molecular formula is C39H46FN3O3. The van der Waals surface area contributed by atoms with E-state index >= 15 is 4.39 Å². The Kier molecular flexibility index (Phi) is 9.67. The number of carboxylic acids is 1. The topological polar surface area (TPSA) is 73.8 Å². The van der Waals surface area contributed by atoms with Crippen molar-refractivity contribution in [3.8, 4) is 5.75 Å². The van der Waals surface area contributed by atoms with Crippen LogP contribution in [0.3, 0.4) is 0 Å². The molecule has 3 fully saturated rings. The summed E-state index contributed by atoms with van der Waals surface area (Å²) in [6, 6.07) is 21.6. The van der Waals surface area contributed by atoms with Gasteiger partial charge in [-0.25, -0.2) is 9.18 Å². The maximum absolute atomic E-state index is 15.0. The maximum Gasteiger partial charge on any atom is 0.335 e. The zero-order valence-corrected chi connectivity index (χ0v) is 27.2. The third-order valence-electron chi connectivity index (χ3n) is 9.77. The number of hydrogen-bond acceptors (Lipinski definition) is 5. The summed E-state index contributed by atoms with van der Waals surface area (Å²) < 4.78 is 21.1. The fraction of sp³-hybridized carbons (Fsp3) is 0.410. The van der Waals surface area contributed by atoms with Gasteiger partial charge in [0.05, 0.1) is 11.6 Å². The molecule has 3 unspecified atom stereocenters. The monoisotopic (exact) mass is 623 g/mol. The Balaban J connectivity index is 1.21. The number of alkyl halides is 1. The number of hydrogen-bond donors (Lipinski definition) is 3. The molecule has 3 N–H and O–H groups in total. The molecule has 0 spiro atoms. The zero-order chi connectivity index (χ0) is 32.2. The van der Waals surface area contributed by atoms with Crippen molar-refractivity contribution in [2.75, 3.05) is 23.8 Å². The number of benzene rings is 3. The van der Waals surface area contributed by atoms with Crippen LogP contribution in [0.1, 0.15) is 91.8 Å². The summed E-state index contributed by atoms with van der Waals surface area (Å²) in [6.07, 6.45) is 6.84. The number of likely N-dealkylation sites (tertiary alicyclic amines) is 1. The molecule has 242 valence electrons. The van der Waals surface area contributed by atoms with Gasteiger partial charge in [0.15, 0.2) is 0 Å². The van der Waals surface area contributed by atoms with E-state index in [0.717, 1.165) is 55.7 Å². The van der Waals surface area contributed by atoms with Crippen LogP contribution in [0.5, 0.6) is 5.75 Å². The highest BCUT2D eigenvalue weighted by molar-refractivity contribution is 5.87. The number of ether oxygens (including phenoxy) is 1. The molecular weight excluding hydrogens is 577 g/mol. The number of aromatic carboxylic acids is 1. The van der Waals surface area contributed by atoms with Gasteiger partial charge in [-0.15, -0.1) is 0 Å². The molecule has 0 aromatic heterocycles. The number of carboxylic acid groups (broad SMARTS) is 1. The first-order valence-electron chi connectivity index (χ1n) is 16.8. The smallest absolute Gasteiger partial charge is 0.335 e. The molecule has 6 nitrogen and oxygen atoms in total. The number of anilines is 2. The second-order valence-electron chi connectivity index (χ2n) is 13.1. The molecule has 6 rings (SSSR count). The summed E-state index contributed by atoms with van der Waals surface area (Å²) in [6.45, 7) is 7.39. The molecule has 3 atom stereocenters. The van der Waals surface area contributed by atoms with Gasteiger partial charge in [-0.05, 0) is 110 Å². The highest BCUT2D eigenvalue weighted by atomic mass is 19.1. The van der Waals surface area contributed by atoms with Crippen LogP contribution in [0.2, 0.25) is 0 Å². The van der Waals surface area contributed by atoms with Gasteiger partial charge in [0.25, 0.3) is 0 Å². The molecule has 1 saturated heterocycles. The second-order valence-corrected chi connectivity index (χ2v) is 13.1. The van der Waals surface area contributed by atoms with E-state index < -0.39 is 12.1 Å². The van der Waals surface area contributed by atoms with Crippen molar-refractivity contribution in [3.63, 3.8) is 0 Å². The van der Waals surface area contributed by atoms with Gasteiger partial charge in [-0.2, -0.15) is 0 Å². The minimum atomic E-state index is -0.967. The molecule has 3 aromatic rings. The lowest BCUT2D eigenvalue weighted by atomic mass is 9.87. The zero-order valence-electron chi connectivity index (χ0n) is 27.2. The van der Waals surface area contributed by atoms with E-state index in [2.05, 4.69) is 78.8 Å². The molecule has 46 heavy (non-hydrogen) atoms. The van der Waals surface area contributed by atoms with E-state index in [0.29, 0.717) is 31.2 Å². The van der Waals surface area contributed by atoms with Crippen LogP contribution in [-0.2, 0) is 6.42 Å². The largest absolute Gasteiger partial charge is 0.491 e. The van der Waals surface area contributed by atoms with Crippen LogP contribution in [0.4, 0.5) is 15.8 Å². The summed E-state index contributed by atoms with van der Waals surface area (Å²) in [5.41, 5.74) is 10.3. The molecule has 0 radical (unpaired) electrons. The van der Waals surface area contributed by atoms with Crippen molar-refractivity contribution < 1.29 is 19.0 Å². The SMILES string of the molecule is CCC(C)c1cc(CC(=C2CCC2)N2CC(F)CC2COc2ccc(C(=O)O)cc2)ccc1NC(Nc1ccccc1C)=C1CC1. The average Bonchev–Trinajstić information content (AvgIpc) is 3.81. The molecule has 0 amide bonds. The summed E-state index contributed by atoms with van der Waals surface area (Å²) in [5.74, 6) is 1.10. The van der Waals surface area contributed by atoms with Crippen molar-refractivity contribution in [2.45, 2.75) is 90.3 Å². The number of rotatable bonds is 13. The third-order valence-corrected chi connectivity index (χ3v) is 9.77. The Bertz CT molecular complexity index is 1620. The van der Waals surface area contributed by atoms with Gasteiger partial charge in [0.2, 0.25) is 0 Å². The number of nitrogens with one attached hydrogen (secondary N) is 2. The van der Waals surface area contributed by atoms with Gasteiger partial charge in [-0.3, -0.25) is 0 Å². The standard InChI is InChI=1S/C39H46FN3O3/c1-4-25(2)34-20-27(12-19-36(34)42-38(29-13-14-29)41-35-11-6-5-8-26(35)3)21-37(28-9-7-10-28)43-23-31(40)22-32(43)24-46-33-17-15-30(16-18-33)39(44)45/h5-6,8,11-12,15-20,25,31-32,41-42H,4,7,9-10,13-14,21-24H2,1-3H3,(H,44,45). The maximum atomic E-state index is 15.0. The Labute approximate surface area is 272 Å². The summed E-state index contributed by atoms with van der Waals surface area (Å²) in [4.78, 5) is 13.5. The van der Waals surface area contributed by atoms with E-state index in [1.807, 2.05) is 0 Å². The summed E-state index contributed by atoms with van der Waals surface area (Å²) in [5, 5.41) is 16.7. The van der Waals surface area contributed by atoms with Gasteiger partial charge in [0.1, 0.15) is 24.3 Å². The first-order valence-corrected chi connectivity index (χ1v) is 16.8. The normalized spacial score (nSPS) is 19.3. The lowest BCUT2D eigenvalue weighted by Gasteiger charge is -2.34. The fourth-order valence-electron chi connectivity index (χ4n) is 6.47. The van der Waals surface area contributed by atoms with E-state index in [-0.39, 0.29) is 11.6 Å². The molecule has 1 aliphatic heterocycles. The minimum absolute atomic E-state index is 0.0764. The van der Waals surface area contributed by atoms with Crippen LogP contribution >= 0.6 is 0 Å². The van der Waals surface area contributed by atoms with Crippen LogP contribution in [0.25, 0.3) is 0 Å². The van der Waals surface area contributed by atoms with E-state index in [1.54, 1.807) is 24.3 Å². The number of halogens is 1. The molecule has 1 heterocycles. The summed E-state index contributed by atoms with van der Waals surface area (Å²) in [7, 11) is 0. The number of para-hydroxylation sites is 1. The van der Waals surface area contributed by atoms with Gasteiger partial charge < -0.3 is 25.4 Å². The minimum Gasteiger partial charge on any atom is -0.491 e. The van der Waals surface area contributed by atoms with E-state index in [4.69, 9.17) is 4.74 Å². The van der Waals surface area contributed by atoms with Crippen LogP contribution in [0.15, 0.2) is 89.4 Å². The third kappa shape index (κ3) is 7.41. The number of nitrogens with zero attached hydrogens (tertiary/aromatic N) is 1. The van der Waals surface area contributed by atoms with Gasteiger partial charge in [-0.1, -0.05) is 49.8 Å². The lowest BCUT2D eigenvalue weighted by molar-refractivity contribution is 0.0696. The van der Waals surface area contributed by atoms with Crippen molar-refractivity contribution in [1.29, 1.82) is 0 Å². The number of aryl methyl sites for hydroxylation is 1. The van der Waals surface area contributed by atoms with Gasteiger partial charge >= 0.3 is 5.97 Å². The Morgan fingerprint density at radius 2 is 1.74 bits per heavy atom. The Morgan fingerprint density at radius 1 is 1.00 bits per heavy atom. The molecule has 3 aliphatic rings. The van der Waals surface area contributed by atoms with Crippen molar-refractivity contribution in [3.05, 3.63) is 112 Å². The number of allylic oxidation sites excluding steroid dienone is 3. The fourth-order valence-corrected chi connectivity index (χ4v) is 6.47. The first kappa shape index (κ1) is 31.7. The lowest BCUT2D eigenvalue weighted by Crippen LogP contribution is -2.36. The van der Waals surface area contributed by atoms with E-state index in [1.165, 1.54) is 40.0 Å². The number of carbonyl (C=O) groups is 1. The Hall–Kier alpha value is -4.26. The van der Waals surface area contributed by atoms with Gasteiger partial charge in [0, 0.05) is 36.5 Å². The van der Waals surface area contributed by atoms with E-state index in [9.17, 15) is 9.90 Å². The molecule has 3 aromatic carbocycles. The predicted molar refractivity (Wildman–Crippen MR) is 183 cm³/mol. The molecule has 0 bridgehead atoms. The van der Waals surface area contributed by atoms with Crippen LogP contribution in [-0.4, -0.2) is 41.3 Å². The van der Waals surface area contributed by atoms with Crippen molar-refractivity contribution in [2.24, 2.45) is 0 Å². The first-order chi connectivity index (χ1) is 22.3. The average molecular weight is 624 g/mol. The van der Waals surface area contributed by atoms with Crippen molar-refractivity contribution >= 4 is 17.3 Å². The predicted octanol–water partition coefficient (Wildman–Crippen LogP) is 9.21. The second kappa shape index (κ2) is 14.0. The molecule has 2 aliphatic carbocycles. The van der Waals surface area contributed by atoms with Crippen molar-refractivity contribution in [1.82, 2.24) is 4.90 Å². The summed E-state index contributed by atoms with van der Waals surface area (Å²) >= 11 is 0. The quantitative estimate of drug-likeness (QED) is 0.176. The molecule has 7 heteroatoms. The highest BCUT2D eigenvalue weighted by Gasteiger charge is 2.36. The highest BCUT2D eigenvalue weighted by Crippen LogP contribution is 2.39. The van der Waals surface area contributed by atoms with Crippen LogP contribution in [0, 0.1) is 6.92 Å². The molecule has 2 saturated carbocycles. The Morgan fingerprint density at radius 3 is 2.39 bits per heavy atom. The van der Waals surface area contributed by atoms with Crippen LogP contribution < -0.4 is 15.4 Å².